The second-order valence-corrected chi connectivity index (χ2v) is 5.96. The quantitative estimate of drug-likeness (QED) is 0.756. The third-order valence-electron chi connectivity index (χ3n) is 4.54. The van der Waals surface area contributed by atoms with E-state index in [4.69, 9.17) is 0 Å². The lowest BCUT2D eigenvalue weighted by atomic mass is 9.77. The van der Waals surface area contributed by atoms with Gasteiger partial charge in [-0.15, -0.1) is 0 Å². The van der Waals surface area contributed by atoms with E-state index in [1.54, 1.807) is 0 Å². The van der Waals surface area contributed by atoms with Gasteiger partial charge in [0, 0.05) is 32.2 Å². The van der Waals surface area contributed by atoms with Crippen LogP contribution in [0, 0.1) is 5.92 Å². The zero-order valence-corrected chi connectivity index (χ0v) is 11.6. The molecular weight excluding hydrogens is 210 g/mol. The monoisotopic (exact) mass is 239 g/mol. The Labute approximate surface area is 107 Å². The maximum Gasteiger partial charge on any atom is 0.0118 e. The molecule has 0 spiro atoms. The van der Waals surface area contributed by atoms with E-state index in [-0.39, 0.29) is 0 Å². The van der Waals surface area contributed by atoms with Gasteiger partial charge < -0.3 is 15.1 Å². The predicted molar refractivity (Wildman–Crippen MR) is 73.4 cm³/mol. The highest BCUT2D eigenvalue weighted by atomic mass is 15.2. The van der Waals surface area contributed by atoms with Gasteiger partial charge in [0.2, 0.25) is 0 Å². The topological polar surface area (TPSA) is 18.5 Å². The van der Waals surface area contributed by atoms with Gasteiger partial charge >= 0.3 is 0 Å². The summed E-state index contributed by atoms with van der Waals surface area (Å²) in [6, 6.07) is 0.840. The van der Waals surface area contributed by atoms with Crippen LogP contribution in [0.15, 0.2) is 0 Å². The average molecular weight is 239 g/mol. The minimum Gasteiger partial charge on any atom is -0.314 e. The van der Waals surface area contributed by atoms with E-state index in [0.717, 1.165) is 12.0 Å². The van der Waals surface area contributed by atoms with Crippen molar-refractivity contribution in [3.63, 3.8) is 0 Å². The molecule has 0 aromatic heterocycles. The van der Waals surface area contributed by atoms with Crippen LogP contribution < -0.4 is 5.32 Å². The summed E-state index contributed by atoms with van der Waals surface area (Å²) in [4.78, 5) is 5.07. The molecule has 1 heterocycles. The lowest BCUT2D eigenvalue weighted by Crippen LogP contribution is -2.44. The first-order valence-electron chi connectivity index (χ1n) is 7.37. The molecule has 3 nitrogen and oxygen atoms in total. The molecule has 1 saturated carbocycles. The first kappa shape index (κ1) is 13.3. The standard InChI is InChI=1S/C14H29N3/c1-16(2)14(13-5-3-6-13)7-4-10-17-11-8-15-9-12-17/h13-15H,3-12H2,1-2H3. The molecule has 2 rings (SSSR count). The van der Waals surface area contributed by atoms with Crippen LogP contribution in [-0.2, 0) is 0 Å². The SMILES string of the molecule is CN(C)C(CCCN1CCNCC1)C1CCC1. The highest BCUT2D eigenvalue weighted by molar-refractivity contribution is 4.83. The van der Waals surface area contributed by atoms with Gasteiger partial charge in [-0.05, 0) is 52.2 Å². The molecule has 1 N–H and O–H groups in total. The molecule has 0 aromatic carbocycles. The minimum absolute atomic E-state index is 0.840. The molecule has 1 unspecified atom stereocenters. The second kappa shape index (κ2) is 6.72. The fourth-order valence-electron chi connectivity index (χ4n) is 3.20. The number of nitrogens with zero attached hydrogens (tertiary/aromatic N) is 2. The summed E-state index contributed by atoms with van der Waals surface area (Å²) >= 11 is 0. The van der Waals surface area contributed by atoms with E-state index in [1.165, 1.54) is 64.8 Å². The number of hydrogen-bond donors (Lipinski definition) is 1. The maximum absolute atomic E-state index is 3.42. The van der Waals surface area contributed by atoms with Crippen molar-refractivity contribution in [2.45, 2.75) is 38.1 Å². The first-order valence-corrected chi connectivity index (χ1v) is 7.37. The molecule has 0 bridgehead atoms. The normalized spacial score (nSPS) is 24.9. The Balaban J connectivity index is 1.64. The molecule has 1 aliphatic carbocycles. The zero-order valence-electron chi connectivity index (χ0n) is 11.6. The Morgan fingerprint density at radius 1 is 1.24 bits per heavy atom. The lowest BCUT2D eigenvalue weighted by Gasteiger charge is -2.38. The lowest BCUT2D eigenvalue weighted by molar-refractivity contribution is 0.124. The van der Waals surface area contributed by atoms with Crippen molar-refractivity contribution in [2.24, 2.45) is 5.92 Å². The van der Waals surface area contributed by atoms with E-state index in [0.29, 0.717) is 0 Å². The van der Waals surface area contributed by atoms with Crippen LogP contribution >= 0.6 is 0 Å². The number of hydrogen-bond acceptors (Lipinski definition) is 3. The van der Waals surface area contributed by atoms with Crippen molar-refractivity contribution in [2.75, 3.05) is 46.8 Å². The molecule has 2 aliphatic rings. The van der Waals surface area contributed by atoms with Crippen LogP contribution in [0.2, 0.25) is 0 Å². The summed E-state index contributed by atoms with van der Waals surface area (Å²) in [6.07, 6.45) is 7.17. The smallest absolute Gasteiger partial charge is 0.0118 e. The highest BCUT2D eigenvalue weighted by Crippen LogP contribution is 2.33. The van der Waals surface area contributed by atoms with Gasteiger partial charge in [-0.3, -0.25) is 0 Å². The summed E-state index contributed by atoms with van der Waals surface area (Å²) in [7, 11) is 4.52. The molecule has 100 valence electrons. The average Bonchev–Trinajstić information content (AvgIpc) is 2.26. The van der Waals surface area contributed by atoms with Crippen LogP contribution in [0.5, 0.6) is 0 Å². The highest BCUT2D eigenvalue weighted by Gasteiger charge is 2.28. The predicted octanol–water partition coefficient (Wildman–Crippen LogP) is 1.40. The van der Waals surface area contributed by atoms with Crippen LogP contribution in [0.1, 0.15) is 32.1 Å². The molecule has 1 saturated heterocycles. The van der Waals surface area contributed by atoms with E-state index < -0.39 is 0 Å². The molecule has 0 radical (unpaired) electrons. The second-order valence-electron chi connectivity index (χ2n) is 5.96. The largest absolute Gasteiger partial charge is 0.314 e. The molecule has 1 atom stereocenters. The van der Waals surface area contributed by atoms with Gasteiger partial charge in [0.05, 0.1) is 0 Å². The molecule has 0 aromatic rings. The Morgan fingerprint density at radius 3 is 2.47 bits per heavy atom. The number of piperazine rings is 1. The third kappa shape index (κ3) is 3.94. The van der Waals surface area contributed by atoms with Gasteiger partial charge in [-0.1, -0.05) is 6.42 Å². The van der Waals surface area contributed by atoms with Crippen LogP contribution in [0.3, 0.4) is 0 Å². The van der Waals surface area contributed by atoms with E-state index >= 15 is 0 Å². The molecule has 17 heavy (non-hydrogen) atoms. The number of rotatable bonds is 6. The first-order chi connectivity index (χ1) is 8.27. The third-order valence-corrected chi connectivity index (χ3v) is 4.54. The molecule has 2 fully saturated rings. The van der Waals surface area contributed by atoms with Crippen molar-refractivity contribution in [1.29, 1.82) is 0 Å². The molecule has 0 amide bonds. The van der Waals surface area contributed by atoms with Gasteiger partial charge in [0.25, 0.3) is 0 Å². The maximum atomic E-state index is 3.42. The number of nitrogens with one attached hydrogen (secondary N) is 1. The van der Waals surface area contributed by atoms with Crippen LogP contribution in [0.25, 0.3) is 0 Å². The Morgan fingerprint density at radius 2 is 1.94 bits per heavy atom. The van der Waals surface area contributed by atoms with Crippen molar-refractivity contribution in [3.8, 4) is 0 Å². The van der Waals surface area contributed by atoms with Crippen molar-refractivity contribution in [3.05, 3.63) is 0 Å². The summed E-state index contributed by atoms with van der Waals surface area (Å²) in [6.45, 7) is 6.16. The Hall–Kier alpha value is -0.120. The fourth-order valence-corrected chi connectivity index (χ4v) is 3.20. The molecular formula is C14H29N3. The van der Waals surface area contributed by atoms with Crippen molar-refractivity contribution < 1.29 is 0 Å². The van der Waals surface area contributed by atoms with E-state index in [2.05, 4.69) is 29.2 Å². The molecule has 1 aliphatic heterocycles. The van der Waals surface area contributed by atoms with Crippen LogP contribution in [-0.4, -0.2) is 62.7 Å². The zero-order chi connectivity index (χ0) is 12.1. The summed E-state index contributed by atoms with van der Waals surface area (Å²) < 4.78 is 0. The Bertz CT molecular complexity index is 208. The minimum atomic E-state index is 0.840. The summed E-state index contributed by atoms with van der Waals surface area (Å²) in [5.74, 6) is 0.994. The fraction of sp³-hybridized carbons (Fsp3) is 1.00. The Kier molecular flexibility index (Phi) is 5.26. The van der Waals surface area contributed by atoms with Gasteiger partial charge in [0.15, 0.2) is 0 Å². The van der Waals surface area contributed by atoms with Gasteiger partial charge in [-0.2, -0.15) is 0 Å². The molecule has 3 heteroatoms. The van der Waals surface area contributed by atoms with Crippen molar-refractivity contribution in [1.82, 2.24) is 15.1 Å². The van der Waals surface area contributed by atoms with Gasteiger partial charge in [0.1, 0.15) is 0 Å². The van der Waals surface area contributed by atoms with E-state index in [1.807, 2.05) is 0 Å². The van der Waals surface area contributed by atoms with E-state index in [9.17, 15) is 0 Å². The van der Waals surface area contributed by atoms with Crippen LogP contribution in [0.4, 0.5) is 0 Å². The van der Waals surface area contributed by atoms with Crippen molar-refractivity contribution >= 4 is 0 Å². The summed E-state index contributed by atoms with van der Waals surface area (Å²) in [5.41, 5.74) is 0. The van der Waals surface area contributed by atoms with Gasteiger partial charge in [-0.25, -0.2) is 0 Å². The summed E-state index contributed by atoms with van der Waals surface area (Å²) in [5, 5.41) is 3.42.